The number of hydrogen-bond acceptors (Lipinski definition) is 4. The number of aromatic nitrogens is 3. The zero-order chi connectivity index (χ0) is 9.26. The van der Waals surface area contributed by atoms with E-state index < -0.39 is 0 Å². The Balaban J connectivity index is 2.00. The maximum Gasteiger partial charge on any atom is 0.182 e. The highest BCUT2D eigenvalue weighted by atomic mass is 16.1. The molecule has 0 radical (unpaired) electrons. The van der Waals surface area contributed by atoms with Crippen LogP contribution in [-0.2, 0) is 7.05 Å². The molecule has 13 heavy (non-hydrogen) atoms. The van der Waals surface area contributed by atoms with Crippen molar-refractivity contribution in [2.24, 2.45) is 13.0 Å². The lowest BCUT2D eigenvalue weighted by atomic mass is 9.96. The fraction of sp³-hybridized carbons (Fsp3) is 0.625. The normalized spacial score (nSPS) is 17.0. The maximum absolute atomic E-state index is 11.6. The van der Waals surface area contributed by atoms with Crippen LogP contribution in [0, 0.1) is 5.92 Å². The largest absolute Gasteiger partial charge is 0.316 e. The number of aryl methyl sites for hydroxylation is 1. The van der Waals surface area contributed by atoms with Crippen LogP contribution in [0.15, 0.2) is 6.20 Å². The first-order chi connectivity index (χ1) is 6.27. The van der Waals surface area contributed by atoms with Crippen LogP contribution >= 0.6 is 0 Å². The van der Waals surface area contributed by atoms with Crippen LogP contribution in [0.1, 0.15) is 16.9 Å². The molecule has 2 rings (SSSR count). The standard InChI is InChI=1S/C8H12N4O/c1-12-7(5-10-11-12)8(13)2-6-3-9-4-6/h5-6,9H,2-4H2,1H3. The Labute approximate surface area is 76.1 Å². The van der Waals surface area contributed by atoms with E-state index in [1.807, 2.05) is 0 Å². The van der Waals surface area contributed by atoms with Gasteiger partial charge in [0.25, 0.3) is 0 Å². The summed E-state index contributed by atoms with van der Waals surface area (Å²) < 4.78 is 1.52. The number of rotatable bonds is 3. The Morgan fingerprint density at radius 3 is 3.00 bits per heavy atom. The molecule has 1 aromatic rings. The summed E-state index contributed by atoms with van der Waals surface area (Å²) in [6, 6.07) is 0. The Morgan fingerprint density at radius 2 is 2.54 bits per heavy atom. The van der Waals surface area contributed by atoms with Gasteiger partial charge >= 0.3 is 0 Å². The molecule has 1 aromatic heterocycles. The molecule has 1 fully saturated rings. The average molecular weight is 180 g/mol. The van der Waals surface area contributed by atoms with E-state index in [9.17, 15) is 4.79 Å². The molecule has 1 saturated heterocycles. The third-order valence-electron chi connectivity index (χ3n) is 2.34. The minimum atomic E-state index is 0.138. The molecule has 0 amide bonds. The summed E-state index contributed by atoms with van der Waals surface area (Å²) in [6.45, 7) is 1.91. The zero-order valence-corrected chi connectivity index (χ0v) is 7.53. The van der Waals surface area contributed by atoms with Crippen molar-refractivity contribution in [1.82, 2.24) is 20.3 Å². The monoisotopic (exact) mass is 180 g/mol. The Bertz CT molecular complexity index is 316. The minimum absolute atomic E-state index is 0.138. The molecule has 0 saturated carbocycles. The molecule has 0 atom stereocenters. The van der Waals surface area contributed by atoms with Gasteiger partial charge in [-0.3, -0.25) is 4.79 Å². The van der Waals surface area contributed by atoms with Crippen LogP contribution in [0.4, 0.5) is 0 Å². The van der Waals surface area contributed by atoms with Gasteiger partial charge in [0.2, 0.25) is 0 Å². The van der Waals surface area contributed by atoms with Crippen LogP contribution < -0.4 is 5.32 Å². The van der Waals surface area contributed by atoms with Crippen molar-refractivity contribution in [3.05, 3.63) is 11.9 Å². The molecular weight excluding hydrogens is 168 g/mol. The molecule has 2 heterocycles. The number of nitrogens with zero attached hydrogens (tertiary/aromatic N) is 3. The molecule has 1 N–H and O–H groups in total. The Morgan fingerprint density at radius 1 is 1.77 bits per heavy atom. The smallest absolute Gasteiger partial charge is 0.182 e. The topological polar surface area (TPSA) is 59.8 Å². The summed E-state index contributed by atoms with van der Waals surface area (Å²) >= 11 is 0. The molecular formula is C8H12N4O. The van der Waals surface area contributed by atoms with Crippen molar-refractivity contribution in [2.75, 3.05) is 13.1 Å². The number of carbonyl (C=O) groups excluding carboxylic acids is 1. The number of nitrogens with one attached hydrogen (secondary N) is 1. The Kier molecular flexibility index (Phi) is 2.10. The highest BCUT2D eigenvalue weighted by Gasteiger charge is 2.22. The van der Waals surface area contributed by atoms with E-state index in [0.717, 1.165) is 13.1 Å². The number of carbonyl (C=O) groups is 1. The minimum Gasteiger partial charge on any atom is -0.316 e. The zero-order valence-electron chi connectivity index (χ0n) is 7.53. The lowest BCUT2D eigenvalue weighted by molar-refractivity contribution is 0.0936. The van der Waals surface area contributed by atoms with E-state index in [-0.39, 0.29) is 5.78 Å². The fourth-order valence-electron chi connectivity index (χ4n) is 1.40. The molecule has 5 nitrogen and oxygen atoms in total. The first-order valence-electron chi connectivity index (χ1n) is 4.36. The van der Waals surface area contributed by atoms with Gasteiger partial charge in [-0.05, 0) is 19.0 Å². The molecule has 0 aliphatic carbocycles. The van der Waals surface area contributed by atoms with Gasteiger partial charge in [0.1, 0.15) is 5.69 Å². The quantitative estimate of drug-likeness (QED) is 0.643. The molecule has 5 heteroatoms. The molecule has 0 bridgehead atoms. The lowest BCUT2D eigenvalue weighted by Gasteiger charge is -2.26. The third-order valence-corrected chi connectivity index (χ3v) is 2.34. The molecule has 0 spiro atoms. The molecule has 0 aromatic carbocycles. The summed E-state index contributed by atoms with van der Waals surface area (Å²) in [5.74, 6) is 0.640. The van der Waals surface area contributed by atoms with Crippen molar-refractivity contribution in [1.29, 1.82) is 0 Å². The number of ketones is 1. The first kappa shape index (κ1) is 8.37. The van der Waals surface area contributed by atoms with Gasteiger partial charge in [-0.1, -0.05) is 5.21 Å². The summed E-state index contributed by atoms with van der Waals surface area (Å²) in [6.07, 6.45) is 2.13. The van der Waals surface area contributed by atoms with E-state index in [1.54, 1.807) is 7.05 Å². The van der Waals surface area contributed by atoms with E-state index in [4.69, 9.17) is 0 Å². The summed E-state index contributed by atoms with van der Waals surface area (Å²) in [7, 11) is 1.74. The van der Waals surface area contributed by atoms with Crippen LogP contribution in [-0.4, -0.2) is 33.9 Å². The van der Waals surface area contributed by atoms with Crippen molar-refractivity contribution < 1.29 is 4.79 Å². The molecule has 1 aliphatic rings. The van der Waals surface area contributed by atoms with Crippen LogP contribution in [0.3, 0.4) is 0 Å². The second-order valence-corrected chi connectivity index (χ2v) is 3.39. The fourth-order valence-corrected chi connectivity index (χ4v) is 1.40. The predicted octanol–water partition coefficient (Wildman–Crippen LogP) is -0.393. The maximum atomic E-state index is 11.6. The van der Waals surface area contributed by atoms with Gasteiger partial charge < -0.3 is 5.32 Å². The van der Waals surface area contributed by atoms with Gasteiger partial charge in [0.05, 0.1) is 6.20 Å². The summed E-state index contributed by atoms with van der Waals surface area (Å²) in [5, 5.41) is 10.5. The van der Waals surface area contributed by atoms with Gasteiger partial charge in [-0.2, -0.15) is 0 Å². The highest BCUT2D eigenvalue weighted by Crippen LogP contribution is 2.12. The van der Waals surface area contributed by atoms with Gasteiger partial charge in [0.15, 0.2) is 5.78 Å². The van der Waals surface area contributed by atoms with E-state index in [1.165, 1.54) is 10.9 Å². The second kappa shape index (κ2) is 3.26. The molecule has 0 unspecified atom stereocenters. The molecule has 1 aliphatic heterocycles. The first-order valence-corrected chi connectivity index (χ1v) is 4.36. The van der Waals surface area contributed by atoms with Crippen LogP contribution in [0.25, 0.3) is 0 Å². The Hall–Kier alpha value is -1.23. The molecule has 70 valence electrons. The number of Topliss-reactive ketones (excluding diaryl/α,β-unsaturated/α-hetero) is 1. The number of hydrogen-bond donors (Lipinski definition) is 1. The van der Waals surface area contributed by atoms with Gasteiger partial charge in [-0.15, -0.1) is 5.10 Å². The van der Waals surface area contributed by atoms with Crippen molar-refractivity contribution in [3.63, 3.8) is 0 Å². The lowest BCUT2D eigenvalue weighted by Crippen LogP contribution is -2.43. The third kappa shape index (κ3) is 1.60. The van der Waals surface area contributed by atoms with Gasteiger partial charge in [-0.25, -0.2) is 4.68 Å². The van der Waals surface area contributed by atoms with Gasteiger partial charge in [0, 0.05) is 13.5 Å². The average Bonchev–Trinajstić information content (AvgIpc) is 2.43. The van der Waals surface area contributed by atoms with Crippen molar-refractivity contribution in [3.8, 4) is 0 Å². The van der Waals surface area contributed by atoms with E-state index in [0.29, 0.717) is 18.0 Å². The van der Waals surface area contributed by atoms with E-state index in [2.05, 4.69) is 15.6 Å². The van der Waals surface area contributed by atoms with Crippen LogP contribution in [0.2, 0.25) is 0 Å². The summed E-state index contributed by atoms with van der Waals surface area (Å²) in [5.41, 5.74) is 0.604. The van der Waals surface area contributed by atoms with Crippen molar-refractivity contribution >= 4 is 5.78 Å². The predicted molar refractivity (Wildman–Crippen MR) is 46.3 cm³/mol. The second-order valence-electron chi connectivity index (χ2n) is 3.39. The summed E-state index contributed by atoms with van der Waals surface area (Å²) in [4.78, 5) is 11.6. The van der Waals surface area contributed by atoms with E-state index >= 15 is 0 Å². The van der Waals surface area contributed by atoms with Crippen LogP contribution in [0.5, 0.6) is 0 Å². The highest BCUT2D eigenvalue weighted by molar-refractivity contribution is 5.94. The SMILES string of the molecule is Cn1nncc1C(=O)CC1CNC1. The van der Waals surface area contributed by atoms with Crippen molar-refractivity contribution in [2.45, 2.75) is 6.42 Å².